The fraction of sp³-hybridized carbons (Fsp3) is 0.538. The number of benzene rings is 1. The van der Waals surface area contributed by atoms with Crippen molar-refractivity contribution in [2.24, 2.45) is 11.7 Å². The van der Waals surface area contributed by atoms with Gasteiger partial charge in [-0.05, 0) is 37.3 Å². The van der Waals surface area contributed by atoms with Gasteiger partial charge in [0.05, 0.1) is 0 Å². The summed E-state index contributed by atoms with van der Waals surface area (Å²) < 4.78 is 0.325. The van der Waals surface area contributed by atoms with E-state index in [-0.39, 0.29) is 0 Å². The third-order valence-corrected chi connectivity index (χ3v) is 4.84. The fourth-order valence-electron chi connectivity index (χ4n) is 2.41. The number of thioether (sulfide) groups is 1. The van der Waals surface area contributed by atoms with Crippen LogP contribution in [-0.2, 0) is 0 Å². The van der Waals surface area contributed by atoms with E-state index in [9.17, 15) is 0 Å². The molecule has 0 spiro atoms. The quantitative estimate of drug-likeness (QED) is 0.848. The molecule has 0 unspecified atom stereocenters. The van der Waals surface area contributed by atoms with E-state index in [1.54, 1.807) is 0 Å². The Morgan fingerprint density at radius 3 is 2.60 bits per heavy atom. The van der Waals surface area contributed by atoms with Crippen molar-refractivity contribution in [1.82, 2.24) is 0 Å². The van der Waals surface area contributed by atoms with Crippen LogP contribution < -0.4 is 5.73 Å². The SMILES string of the molecule is Cc1ccccc1SC1(CN)CC(C)C1. The lowest BCUT2D eigenvalue weighted by molar-refractivity contribution is 0.257. The van der Waals surface area contributed by atoms with E-state index >= 15 is 0 Å². The molecule has 1 fully saturated rings. The highest BCUT2D eigenvalue weighted by Crippen LogP contribution is 2.50. The minimum absolute atomic E-state index is 0.325. The van der Waals surface area contributed by atoms with Gasteiger partial charge in [0.25, 0.3) is 0 Å². The topological polar surface area (TPSA) is 26.0 Å². The zero-order valence-electron chi connectivity index (χ0n) is 9.49. The molecule has 1 aromatic rings. The third kappa shape index (κ3) is 2.21. The molecule has 0 atom stereocenters. The van der Waals surface area contributed by atoms with Crippen molar-refractivity contribution >= 4 is 11.8 Å². The molecule has 0 bridgehead atoms. The Labute approximate surface area is 96.4 Å². The van der Waals surface area contributed by atoms with Crippen molar-refractivity contribution in [1.29, 1.82) is 0 Å². The Kier molecular flexibility index (Phi) is 3.08. The van der Waals surface area contributed by atoms with Crippen molar-refractivity contribution in [3.63, 3.8) is 0 Å². The van der Waals surface area contributed by atoms with Crippen LogP contribution in [0.5, 0.6) is 0 Å². The largest absolute Gasteiger partial charge is 0.329 e. The van der Waals surface area contributed by atoms with E-state index in [0.717, 1.165) is 12.5 Å². The van der Waals surface area contributed by atoms with Crippen LogP contribution in [0.15, 0.2) is 29.2 Å². The summed E-state index contributed by atoms with van der Waals surface area (Å²) >= 11 is 1.98. The van der Waals surface area contributed by atoms with Crippen molar-refractivity contribution in [3.8, 4) is 0 Å². The first-order valence-electron chi connectivity index (χ1n) is 5.60. The summed E-state index contributed by atoms with van der Waals surface area (Å²) in [4.78, 5) is 1.40. The minimum Gasteiger partial charge on any atom is -0.329 e. The van der Waals surface area contributed by atoms with E-state index in [4.69, 9.17) is 5.73 Å². The van der Waals surface area contributed by atoms with Crippen LogP contribution in [-0.4, -0.2) is 11.3 Å². The van der Waals surface area contributed by atoms with Gasteiger partial charge in [-0.25, -0.2) is 0 Å². The van der Waals surface area contributed by atoms with E-state index in [2.05, 4.69) is 38.1 Å². The normalized spacial score (nSPS) is 29.9. The van der Waals surface area contributed by atoms with Crippen LogP contribution in [0.25, 0.3) is 0 Å². The van der Waals surface area contributed by atoms with Crippen molar-refractivity contribution in [3.05, 3.63) is 29.8 Å². The summed E-state index contributed by atoms with van der Waals surface area (Å²) in [6.07, 6.45) is 2.53. The summed E-state index contributed by atoms with van der Waals surface area (Å²) in [5.41, 5.74) is 7.28. The van der Waals surface area contributed by atoms with Crippen LogP contribution in [0.4, 0.5) is 0 Å². The lowest BCUT2D eigenvalue weighted by Crippen LogP contribution is -2.45. The second-order valence-electron chi connectivity index (χ2n) is 4.77. The zero-order chi connectivity index (χ0) is 10.9. The summed E-state index contributed by atoms with van der Waals surface area (Å²) in [7, 11) is 0. The second-order valence-corrected chi connectivity index (χ2v) is 6.28. The Morgan fingerprint density at radius 1 is 1.40 bits per heavy atom. The van der Waals surface area contributed by atoms with E-state index in [0.29, 0.717) is 4.75 Å². The molecular weight excluding hydrogens is 202 g/mol. The van der Waals surface area contributed by atoms with Gasteiger partial charge < -0.3 is 5.73 Å². The summed E-state index contributed by atoms with van der Waals surface area (Å²) in [5.74, 6) is 0.852. The predicted molar refractivity (Wildman–Crippen MR) is 67.2 cm³/mol. The molecule has 0 aliphatic heterocycles. The number of hydrogen-bond acceptors (Lipinski definition) is 2. The lowest BCUT2D eigenvalue weighted by Gasteiger charge is -2.45. The van der Waals surface area contributed by atoms with Crippen LogP contribution in [0, 0.1) is 12.8 Å². The Bertz CT molecular complexity index is 342. The lowest BCUT2D eigenvalue weighted by atomic mass is 9.75. The van der Waals surface area contributed by atoms with Crippen molar-refractivity contribution < 1.29 is 0 Å². The number of hydrogen-bond donors (Lipinski definition) is 1. The molecule has 1 saturated carbocycles. The fourth-order valence-corrected chi connectivity index (χ4v) is 4.07. The van der Waals surface area contributed by atoms with Gasteiger partial charge in [0.1, 0.15) is 0 Å². The first-order valence-corrected chi connectivity index (χ1v) is 6.41. The standard InChI is InChI=1S/C13H19NS/c1-10-7-13(8-10,9-14)15-12-6-4-3-5-11(12)2/h3-6,10H,7-9,14H2,1-2H3. The van der Waals surface area contributed by atoms with Gasteiger partial charge >= 0.3 is 0 Å². The number of rotatable bonds is 3. The summed E-state index contributed by atoms with van der Waals surface area (Å²) in [6.45, 7) is 5.29. The zero-order valence-corrected chi connectivity index (χ0v) is 10.3. The number of nitrogens with two attached hydrogens (primary N) is 1. The number of aryl methyl sites for hydroxylation is 1. The second kappa shape index (κ2) is 4.18. The molecular formula is C13H19NS. The van der Waals surface area contributed by atoms with Crippen LogP contribution in [0.2, 0.25) is 0 Å². The van der Waals surface area contributed by atoms with Crippen LogP contribution in [0.1, 0.15) is 25.3 Å². The smallest absolute Gasteiger partial charge is 0.0334 e. The molecule has 0 saturated heterocycles. The van der Waals surface area contributed by atoms with Gasteiger partial charge in [0.15, 0.2) is 0 Å². The van der Waals surface area contributed by atoms with Gasteiger partial charge in [-0.1, -0.05) is 25.1 Å². The molecule has 0 heterocycles. The van der Waals surface area contributed by atoms with Crippen molar-refractivity contribution in [2.75, 3.05) is 6.54 Å². The molecule has 2 rings (SSSR count). The molecule has 1 aliphatic rings. The molecule has 0 amide bonds. The van der Waals surface area contributed by atoms with Gasteiger partial charge in [-0.2, -0.15) is 0 Å². The highest BCUT2D eigenvalue weighted by atomic mass is 32.2. The first-order chi connectivity index (χ1) is 7.15. The maximum atomic E-state index is 5.91. The molecule has 82 valence electrons. The minimum atomic E-state index is 0.325. The molecule has 1 aromatic carbocycles. The van der Waals surface area contributed by atoms with Gasteiger partial charge in [0, 0.05) is 16.2 Å². The van der Waals surface area contributed by atoms with Crippen LogP contribution in [0.3, 0.4) is 0 Å². The maximum Gasteiger partial charge on any atom is 0.0334 e. The molecule has 0 aromatic heterocycles. The maximum absolute atomic E-state index is 5.91. The average molecular weight is 221 g/mol. The Balaban J connectivity index is 2.11. The van der Waals surface area contributed by atoms with E-state index in [1.165, 1.54) is 23.3 Å². The Morgan fingerprint density at radius 2 is 2.07 bits per heavy atom. The van der Waals surface area contributed by atoms with Gasteiger partial charge in [-0.3, -0.25) is 0 Å². The molecule has 15 heavy (non-hydrogen) atoms. The Hall–Kier alpha value is -0.470. The van der Waals surface area contributed by atoms with E-state index in [1.807, 2.05) is 11.8 Å². The molecule has 0 radical (unpaired) electrons. The summed E-state index contributed by atoms with van der Waals surface area (Å²) in [5, 5.41) is 0. The highest BCUT2D eigenvalue weighted by molar-refractivity contribution is 8.00. The summed E-state index contributed by atoms with van der Waals surface area (Å²) in [6, 6.07) is 8.59. The predicted octanol–water partition coefficient (Wildman–Crippen LogP) is 3.21. The monoisotopic (exact) mass is 221 g/mol. The van der Waals surface area contributed by atoms with Gasteiger partial charge in [0.2, 0.25) is 0 Å². The highest BCUT2D eigenvalue weighted by Gasteiger charge is 2.41. The average Bonchev–Trinajstić information content (AvgIpc) is 2.18. The molecule has 2 heteroatoms. The third-order valence-electron chi connectivity index (χ3n) is 3.23. The molecule has 1 aliphatic carbocycles. The molecule has 1 nitrogen and oxygen atoms in total. The van der Waals surface area contributed by atoms with Crippen molar-refractivity contribution in [2.45, 2.75) is 36.3 Å². The first kappa shape index (κ1) is 11.0. The van der Waals surface area contributed by atoms with E-state index < -0.39 is 0 Å². The molecule has 2 N–H and O–H groups in total. The van der Waals surface area contributed by atoms with Crippen LogP contribution >= 0.6 is 11.8 Å². The van der Waals surface area contributed by atoms with Gasteiger partial charge in [-0.15, -0.1) is 11.8 Å².